The van der Waals surface area contributed by atoms with E-state index in [-0.39, 0.29) is 23.8 Å². The molecule has 1 saturated carbocycles. The number of carbonyl (C=O) groups excluding carboxylic acids is 2. The molecule has 10 heteroatoms. The molecule has 0 aromatic heterocycles. The summed E-state index contributed by atoms with van der Waals surface area (Å²) in [6.07, 6.45) is 2.51. The summed E-state index contributed by atoms with van der Waals surface area (Å²) in [6.45, 7) is 5.50. The van der Waals surface area contributed by atoms with Gasteiger partial charge in [-0.15, -0.1) is 0 Å². The van der Waals surface area contributed by atoms with E-state index in [4.69, 9.17) is 25.4 Å². The summed E-state index contributed by atoms with van der Waals surface area (Å²) in [5, 5.41) is 13.6. The Morgan fingerprint density at radius 3 is 1.95 bits per heavy atom. The molecular weight excluding hydrogens is 588 g/mol. The van der Waals surface area contributed by atoms with Crippen molar-refractivity contribution in [2.45, 2.75) is 64.1 Å². The number of halogens is 1. The monoisotopic (exact) mass is 622 g/mol. The number of carbonyl (C=O) groups is 2. The number of nitrogens with two attached hydrogens (primary N) is 1. The fourth-order valence-corrected chi connectivity index (χ4v) is 4.83. The summed E-state index contributed by atoms with van der Waals surface area (Å²) in [6, 6.07) is 19.3. The van der Waals surface area contributed by atoms with Crippen molar-refractivity contribution < 1.29 is 23.8 Å². The maximum atomic E-state index is 13.4. The molecule has 3 aromatic rings. The van der Waals surface area contributed by atoms with Gasteiger partial charge in [-0.05, 0) is 101 Å². The Labute approximate surface area is 248 Å². The Morgan fingerprint density at radius 2 is 1.39 bits per heavy atom. The third-order valence-electron chi connectivity index (χ3n) is 6.36. The molecule has 0 unspecified atom stereocenters. The molecule has 9 nitrogen and oxygen atoms in total. The molecule has 1 fully saturated rings. The van der Waals surface area contributed by atoms with Crippen molar-refractivity contribution in [3.8, 4) is 23.0 Å². The number of rotatable bonds is 8. The van der Waals surface area contributed by atoms with E-state index in [0.29, 0.717) is 34.1 Å². The molecule has 0 bridgehead atoms. The Balaban J connectivity index is 1.45. The second-order valence-corrected chi connectivity index (χ2v) is 11.9. The number of alkyl carbamates (subject to hydrolysis) is 1. The van der Waals surface area contributed by atoms with Crippen LogP contribution in [0.2, 0.25) is 0 Å². The van der Waals surface area contributed by atoms with Crippen molar-refractivity contribution in [1.29, 1.82) is 5.41 Å². The molecule has 41 heavy (non-hydrogen) atoms. The molecule has 0 atom stereocenters. The van der Waals surface area contributed by atoms with Crippen LogP contribution in [0.5, 0.6) is 23.0 Å². The molecule has 216 valence electrons. The predicted octanol–water partition coefficient (Wildman–Crippen LogP) is 6.88. The molecule has 2 amide bonds. The van der Waals surface area contributed by atoms with Gasteiger partial charge in [0.25, 0.3) is 5.91 Å². The number of nitrogens with one attached hydrogen (secondary N) is 3. The van der Waals surface area contributed by atoms with Crippen LogP contribution in [-0.4, -0.2) is 35.5 Å². The molecule has 5 N–H and O–H groups in total. The van der Waals surface area contributed by atoms with E-state index in [1.807, 2.05) is 45.0 Å². The van der Waals surface area contributed by atoms with Gasteiger partial charge in [-0.3, -0.25) is 10.2 Å². The van der Waals surface area contributed by atoms with Crippen molar-refractivity contribution in [2.75, 3.05) is 0 Å². The van der Waals surface area contributed by atoms with Gasteiger partial charge in [0.2, 0.25) is 0 Å². The molecule has 0 aliphatic heterocycles. The normalized spacial score (nSPS) is 16.8. The van der Waals surface area contributed by atoms with Crippen molar-refractivity contribution in [1.82, 2.24) is 10.6 Å². The van der Waals surface area contributed by atoms with Gasteiger partial charge in [-0.25, -0.2) is 4.79 Å². The molecular formula is C31H35BrN4O5. The quantitative estimate of drug-likeness (QED) is 0.160. The number of ether oxygens (including phenoxy) is 3. The average Bonchev–Trinajstić information content (AvgIpc) is 2.89. The number of hydrogen-bond donors (Lipinski definition) is 4. The lowest BCUT2D eigenvalue weighted by molar-refractivity contribution is 0.0488. The Kier molecular flexibility index (Phi) is 9.54. The maximum absolute atomic E-state index is 13.4. The third-order valence-corrected chi connectivity index (χ3v) is 6.85. The van der Waals surface area contributed by atoms with Crippen LogP contribution in [0.3, 0.4) is 0 Å². The van der Waals surface area contributed by atoms with Gasteiger partial charge in [0.1, 0.15) is 34.4 Å². The van der Waals surface area contributed by atoms with E-state index in [1.165, 1.54) is 0 Å². The van der Waals surface area contributed by atoms with E-state index >= 15 is 0 Å². The van der Waals surface area contributed by atoms with E-state index in [0.717, 1.165) is 30.2 Å². The summed E-state index contributed by atoms with van der Waals surface area (Å²) in [7, 11) is 0. The lowest BCUT2D eigenvalue weighted by Crippen LogP contribution is -2.45. The lowest BCUT2D eigenvalue weighted by atomic mass is 9.91. The van der Waals surface area contributed by atoms with E-state index < -0.39 is 11.7 Å². The summed E-state index contributed by atoms with van der Waals surface area (Å²) in [5.41, 5.74) is 5.98. The van der Waals surface area contributed by atoms with Crippen molar-refractivity contribution in [2.24, 2.45) is 5.73 Å². The SMILES string of the molecule is CC(C)(C)OC(=O)NC1CCC(NC(=O)c2cc(Oc3ccc(C(=N)N)cc3)cc(Oc3cccc(Br)c3)c2)CC1. The Bertz CT molecular complexity index is 1400. The van der Waals surface area contributed by atoms with Crippen LogP contribution in [0.1, 0.15) is 62.4 Å². The molecule has 0 heterocycles. The number of hydrogen-bond acceptors (Lipinski definition) is 6. The highest BCUT2D eigenvalue weighted by atomic mass is 79.9. The first-order valence-corrected chi connectivity index (χ1v) is 14.2. The number of amides is 2. The van der Waals surface area contributed by atoms with Crippen LogP contribution in [0.25, 0.3) is 0 Å². The highest BCUT2D eigenvalue weighted by Gasteiger charge is 2.26. The maximum Gasteiger partial charge on any atom is 0.407 e. The molecule has 0 spiro atoms. The van der Waals surface area contributed by atoms with Gasteiger partial charge in [0, 0.05) is 33.7 Å². The third kappa shape index (κ3) is 9.24. The second kappa shape index (κ2) is 13.1. The molecule has 0 radical (unpaired) electrons. The van der Waals surface area contributed by atoms with Gasteiger partial charge < -0.3 is 30.6 Å². The van der Waals surface area contributed by atoms with E-state index in [1.54, 1.807) is 42.5 Å². The van der Waals surface area contributed by atoms with E-state index in [9.17, 15) is 9.59 Å². The van der Waals surface area contributed by atoms with Crippen LogP contribution >= 0.6 is 15.9 Å². The summed E-state index contributed by atoms with van der Waals surface area (Å²) in [4.78, 5) is 25.5. The Hall–Kier alpha value is -4.05. The molecule has 3 aromatic carbocycles. The average molecular weight is 624 g/mol. The largest absolute Gasteiger partial charge is 0.457 e. The molecule has 1 aliphatic carbocycles. The van der Waals surface area contributed by atoms with Gasteiger partial charge in [0.15, 0.2) is 0 Å². The van der Waals surface area contributed by atoms with E-state index in [2.05, 4.69) is 26.6 Å². The summed E-state index contributed by atoms with van der Waals surface area (Å²) < 4.78 is 18.3. The molecule has 1 aliphatic rings. The molecule has 4 rings (SSSR count). The second-order valence-electron chi connectivity index (χ2n) is 11.0. The van der Waals surface area contributed by atoms with Crippen LogP contribution in [0.15, 0.2) is 71.2 Å². The zero-order valence-corrected chi connectivity index (χ0v) is 24.9. The predicted molar refractivity (Wildman–Crippen MR) is 161 cm³/mol. The number of benzene rings is 3. The topological polar surface area (TPSA) is 136 Å². The van der Waals surface area contributed by atoms with Crippen LogP contribution in [-0.2, 0) is 4.74 Å². The molecule has 0 saturated heterocycles. The van der Waals surface area contributed by atoms with Crippen molar-refractivity contribution in [3.05, 3.63) is 82.3 Å². The minimum atomic E-state index is -0.551. The van der Waals surface area contributed by atoms with Gasteiger partial charge in [0.05, 0.1) is 0 Å². The van der Waals surface area contributed by atoms with Crippen molar-refractivity contribution >= 4 is 33.8 Å². The first kappa shape index (κ1) is 29.9. The van der Waals surface area contributed by atoms with Gasteiger partial charge in [-0.2, -0.15) is 0 Å². The van der Waals surface area contributed by atoms with Gasteiger partial charge in [-0.1, -0.05) is 22.0 Å². The standard InChI is InChI=1S/C31H35BrN4O5/c1-31(2,3)41-30(38)36-23-11-9-22(10-12-23)35-29(37)20-15-26(39-24-13-7-19(8-14-24)28(33)34)18-27(16-20)40-25-6-4-5-21(32)17-25/h4-8,13-18,22-23H,9-12H2,1-3H3,(H3,33,34)(H,35,37)(H,36,38). The lowest BCUT2D eigenvalue weighted by Gasteiger charge is -2.30. The van der Waals surface area contributed by atoms with Crippen molar-refractivity contribution in [3.63, 3.8) is 0 Å². The minimum Gasteiger partial charge on any atom is -0.457 e. The minimum absolute atomic E-state index is 0.00863. The number of amidine groups is 1. The number of nitrogen functional groups attached to an aromatic ring is 1. The first-order valence-electron chi connectivity index (χ1n) is 13.4. The fourth-order valence-electron chi connectivity index (χ4n) is 4.45. The van der Waals surface area contributed by atoms with Gasteiger partial charge >= 0.3 is 6.09 Å². The van der Waals surface area contributed by atoms with Crippen LogP contribution in [0, 0.1) is 5.41 Å². The fraction of sp³-hybridized carbons (Fsp3) is 0.323. The smallest absolute Gasteiger partial charge is 0.407 e. The van der Waals surface area contributed by atoms with Crippen LogP contribution < -0.4 is 25.8 Å². The summed E-state index contributed by atoms with van der Waals surface area (Å²) in [5.74, 6) is 1.71. The van der Waals surface area contributed by atoms with Crippen LogP contribution in [0.4, 0.5) is 4.79 Å². The Morgan fingerprint density at radius 1 is 0.805 bits per heavy atom. The highest BCUT2D eigenvalue weighted by molar-refractivity contribution is 9.10. The zero-order valence-electron chi connectivity index (χ0n) is 23.3. The highest BCUT2D eigenvalue weighted by Crippen LogP contribution is 2.32. The first-order chi connectivity index (χ1) is 19.4. The zero-order chi connectivity index (χ0) is 29.6. The summed E-state index contributed by atoms with van der Waals surface area (Å²) >= 11 is 3.45.